The zero-order valence-electron chi connectivity index (χ0n) is 18.3. The van der Waals surface area contributed by atoms with Gasteiger partial charge in [0.25, 0.3) is 5.91 Å². The minimum atomic E-state index is -0.0970. The van der Waals surface area contributed by atoms with E-state index in [0.29, 0.717) is 11.5 Å². The van der Waals surface area contributed by atoms with Crippen molar-refractivity contribution in [3.63, 3.8) is 0 Å². The predicted octanol–water partition coefficient (Wildman–Crippen LogP) is 4.59. The lowest BCUT2D eigenvalue weighted by molar-refractivity contribution is 0.0607. The number of ether oxygens (including phenoxy) is 1. The van der Waals surface area contributed by atoms with Crippen LogP contribution in [0.2, 0.25) is 0 Å². The summed E-state index contributed by atoms with van der Waals surface area (Å²) in [6, 6.07) is 17.3. The molecule has 1 aromatic heterocycles. The summed E-state index contributed by atoms with van der Waals surface area (Å²) in [6.07, 6.45) is 4.82. The standard InChI is InChI=1S/C25H28N4O2/c1-28(2)25-26-17-21(18-12-14-20(31-3)15-13-18)23(27-25)22-11-7-8-16-29(22)24(30)19-9-5-4-6-10-19/h4-6,9-10,12-15,17,22H,7-8,11,16H2,1-3H3/t22-/m0/s1. The molecule has 1 amide bonds. The van der Waals surface area contributed by atoms with E-state index in [1.807, 2.05) is 84.7 Å². The molecule has 0 unspecified atom stereocenters. The van der Waals surface area contributed by atoms with Crippen LogP contribution in [0.1, 0.15) is 41.4 Å². The van der Waals surface area contributed by atoms with Crippen molar-refractivity contribution >= 4 is 11.9 Å². The molecule has 1 atom stereocenters. The highest BCUT2D eigenvalue weighted by Gasteiger charge is 2.32. The molecule has 0 aliphatic carbocycles. The molecule has 160 valence electrons. The SMILES string of the molecule is COc1ccc(-c2cnc(N(C)C)nc2[C@@H]2CCCCN2C(=O)c2ccccc2)cc1. The molecule has 0 spiro atoms. The number of benzene rings is 2. The van der Waals surface area contributed by atoms with Gasteiger partial charge in [-0.25, -0.2) is 9.97 Å². The Morgan fingerprint density at radius 3 is 2.48 bits per heavy atom. The predicted molar refractivity (Wildman–Crippen MR) is 122 cm³/mol. The number of rotatable bonds is 5. The van der Waals surface area contributed by atoms with Crippen molar-refractivity contribution in [1.29, 1.82) is 0 Å². The highest BCUT2D eigenvalue weighted by Crippen LogP contribution is 2.37. The van der Waals surface area contributed by atoms with E-state index in [9.17, 15) is 4.79 Å². The molecule has 2 heterocycles. The Hall–Kier alpha value is -3.41. The van der Waals surface area contributed by atoms with Crippen molar-refractivity contribution in [2.45, 2.75) is 25.3 Å². The van der Waals surface area contributed by atoms with E-state index in [4.69, 9.17) is 9.72 Å². The van der Waals surface area contributed by atoms with Gasteiger partial charge in [0.05, 0.1) is 18.8 Å². The Labute approximate surface area is 183 Å². The summed E-state index contributed by atoms with van der Waals surface area (Å²) in [5, 5.41) is 0. The first-order valence-electron chi connectivity index (χ1n) is 10.6. The third kappa shape index (κ3) is 4.38. The molecule has 3 aromatic rings. The molecular formula is C25H28N4O2. The van der Waals surface area contributed by atoms with Crippen molar-refractivity contribution in [2.24, 2.45) is 0 Å². The summed E-state index contributed by atoms with van der Waals surface area (Å²) in [5.41, 5.74) is 3.57. The topological polar surface area (TPSA) is 58.6 Å². The Morgan fingerprint density at radius 2 is 1.81 bits per heavy atom. The van der Waals surface area contributed by atoms with E-state index in [2.05, 4.69) is 4.98 Å². The normalized spacial score (nSPS) is 16.1. The van der Waals surface area contributed by atoms with Gasteiger partial charge in [-0.1, -0.05) is 30.3 Å². The second-order valence-corrected chi connectivity index (χ2v) is 7.97. The van der Waals surface area contributed by atoms with Gasteiger partial charge in [0.2, 0.25) is 5.95 Å². The number of likely N-dealkylation sites (tertiary alicyclic amines) is 1. The molecule has 6 nitrogen and oxygen atoms in total. The summed E-state index contributed by atoms with van der Waals surface area (Å²) >= 11 is 0. The molecule has 1 aliphatic rings. The van der Waals surface area contributed by atoms with Crippen LogP contribution in [0.25, 0.3) is 11.1 Å². The van der Waals surface area contributed by atoms with Gasteiger partial charge in [-0.3, -0.25) is 4.79 Å². The van der Waals surface area contributed by atoms with Crippen molar-refractivity contribution in [2.75, 3.05) is 32.6 Å². The Bertz CT molecular complexity index is 1040. The maximum Gasteiger partial charge on any atom is 0.254 e. The Balaban J connectivity index is 1.79. The number of amides is 1. The van der Waals surface area contributed by atoms with Crippen molar-refractivity contribution in [3.05, 3.63) is 72.1 Å². The van der Waals surface area contributed by atoms with Gasteiger partial charge in [-0.2, -0.15) is 0 Å². The molecule has 0 saturated carbocycles. The summed E-state index contributed by atoms with van der Waals surface area (Å²) < 4.78 is 5.31. The summed E-state index contributed by atoms with van der Waals surface area (Å²) in [7, 11) is 5.52. The number of piperidine rings is 1. The van der Waals surface area contributed by atoms with Gasteiger partial charge in [0.1, 0.15) is 5.75 Å². The maximum absolute atomic E-state index is 13.4. The van der Waals surface area contributed by atoms with Crippen LogP contribution in [-0.4, -0.2) is 48.5 Å². The monoisotopic (exact) mass is 416 g/mol. The number of hydrogen-bond acceptors (Lipinski definition) is 5. The molecule has 0 N–H and O–H groups in total. The minimum Gasteiger partial charge on any atom is -0.497 e. The first kappa shape index (κ1) is 20.8. The maximum atomic E-state index is 13.4. The van der Waals surface area contributed by atoms with E-state index in [-0.39, 0.29) is 11.9 Å². The number of methoxy groups -OCH3 is 1. The van der Waals surface area contributed by atoms with Crippen molar-refractivity contribution in [1.82, 2.24) is 14.9 Å². The zero-order chi connectivity index (χ0) is 21.8. The zero-order valence-corrected chi connectivity index (χ0v) is 18.3. The van der Waals surface area contributed by atoms with Crippen LogP contribution in [0, 0.1) is 0 Å². The Morgan fingerprint density at radius 1 is 1.06 bits per heavy atom. The molecule has 2 aromatic carbocycles. The van der Waals surface area contributed by atoms with Gasteiger partial charge in [-0.15, -0.1) is 0 Å². The third-order valence-corrected chi connectivity index (χ3v) is 5.71. The van der Waals surface area contributed by atoms with Crippen LogP contribution in [0.4, 0.5) is 5.95 Å². The van der Waals surface area contributed by atoms with E-state index in [1.54, 1.807) is 7.11 Å². The number of nitrogens with zero attached hydrogens (tertiary/aromatic N) is 4. The Kier molecular flexibility index (Phi) is 6.16. The van der Waals surface area contributed by atoms with E-state index in [1.165, 1.54) is 0 Å². The molecule has 1 saturated heterocycles. The molecule has 4 rings (SSSR count). The fraction of sp³-hybridized carbons (Fsp3) is 0.320. The number of hydrogen-bond donors (Lipinski definition) is 0. The number of carbonyl (C=O) groups is 1. The summed E-state index contributed by atoms with van der Waals surface area (Å²) in [6.45, 7) is 0.724. The largest absolute Gasteiger partial charge is 0.497 e. The van der Waals surface area contributed by atoms with Gasteiger partial charge < -0.3 is 14.5 Å². The average Bonchev–Trinajstić information content (AvgIpc) is 2.84. The third-order valence-electron chi connectivity index (χ3n) is 5.71. The minimum absolute atomic E-state index is 0.0518. The van der Waals surface area contributed by atoms with Crippen LogP contribution in [-0.2, 0) is 0 Å². The lowest BCUT2D eigenvalue weighted by Gasteiger charge is -2.36. The van der Waals surface area contributed by atoms with Crippen LogP contribution in [0.5, 0.6) is 5.75 Å². The lowest BCUT2D eigenvalue weighted by Crippen LogP contribution is -2.39. The van der Waals surface area contributed by atoms with Gasteiger partial charge >= 0.3 is 0 Å². The lowest BCUT2D eigenvalue weighted by atomic mass is 9.93. The van der Waals surface area contributed by atoms with E-state index < -0.39 is 0 Å². The highest BCUT2D eigenvalue weighted by molar-refractivity contribution is 5.94. The molecule has 1 aliphatic heterocycles. The molecule has 1 fully saturated rings. The van der Waals surface area contributed by atoms with Crippen LogP contribution in [0.3, 0.4) is 0 Å². The first-order chi connectivity index (χ1) is 15.1. The van der Waals surface area contributed by atoms with E-state index >= 15 is 0 Å². The van der Waals surface area contributed by atoms with Crippen LogP contribution in [0.15, 0.2) is 60.8 Å². The van der Waals surface area contributed by atoms with E-state index in [0.717, 1.165) is 48.4 Å². The quantitative estimate of drug-likeness (QED) is 0.609. The average molecular weight is 417 g/mol. The number of aromatic nitrogens is 2. The first-order valence-corrected chi connectivity index (χ1v) is 10.6. The van der Waals surface area contributed by atoms with Crippen LogP contribution >= 0.6 is 0 Å². The van der Waals surface area contributed by atoms with Crippen molar-refractivity contribution < 1.29 is 9.53 Å². The molecule has 0 bridgehead atoms. The second kappa shape index (κ2) is 9.16. The fourth-order valence-corrected chi connectivity index (χ4v) is 4.05. The molecular weight excluding hydrogens is 388 g/mol. The number of carbonyl (C=O) groups excluding carboxylic acids is 1. The number of anilines is 1. The van der Waals surface area contributed by atoms with Gasteiger partial charge in [0, 0.05) is 38.0 Å². The molecule has 31 heavy (non-hydrogen) atoms. The van der Waals surface area contributed by atoms with Crippen LogP contribution < -0.4 is 9.64 Å². The summed E-state index contributed by atoms with van der Waals surface area (Å²) in [5.74, 6) is 1.50. The fourth-order valence-electron chi connectivity index (χ4n) is 4.05. The molecule has 6 heteroatoms. The molecule has 0 radical (unpaired) electrons. The second-order valence-electron chi connectivity index (χ2n) is 7.97. The van der Waals surface area contributed by atoms with Crippen molar-refractivity contribution in [3.8, 4) is 16.9 Å². The highest BCUT2D eigenvalue weighted by atomic mass is 16.5. The van der Waals surface area contributed by atoms with Gasteiger partial charge in [0.15, 0.2) is 0 Å². The summed E-state index contributed by atoms with van der Waals surface area (Å²) in [4.78, 5) is 26.8. The smallest absolute Gasteiger partial charge is 0.254 e. The van der Waals surface area contributed by atoms with Gasteiger partial charge in [-0.05, 0) is 49.1 Å².